The summed E-state index contributed by atoms with van der Waals surface area (Å²) in [5.74, 6) is 0.954. The van der Waals surface area contributed by atoms with Crippen molar-refractivity contribution in [1.29, 1.82) is 0 Å². The zero-order valence-corrected chi connectivity index (χ0v) is 10.7. The van der Waals surface area contributed by atoms with E-state index in [0.29, 0.717) is 0 Å². The van der Waals surface area contributed by atoms with Gasteiger partial charge in [0.25, 0.3) is 5.56 Å². The van der Waals surface area contributed by atoms with Crippen LogP contribution in [0.4, 0.5) is 0 Å². The van der Waals surface area contributed by atoms with Crippen LogP contribution in [0.3, 0.4) is 0 Å². The van der Waals surface area contributed by atoms with Crippen LogP contribution >= 0.6 is 11.8 Å². The minimum atomic E-state index is 0.111. The molecule has 0 radical (unpaired) electrons. The van der Waals surface area contributed by atoms with Gasteiger partial charge in [-0.15, -0.1) is 11.8 Å². The summed E-state index contributed by atoms with van der Waals surface area (Å²) in [4.78, 5) is 13.5. The summed E-state index contributed by atoms with van der Waals surface area (Å²) in [5, 5.41) is 1.18. The third-order valence-corrected chi connectivity index (χ3v) is 4.31. The number of para-hydroxylation sites is 1. The van der Waals surface area contributed by atoms with E-state index in [4.69, 9.17) is 0 Å². The van der Waals surface area contributed by atoms with Crippen molar-refractivity contribution in [3.8, 4) is 0 Å². The van der Waals surface area contributed by atoms with Gasteiger partial charge in [0, 0.05) is 23.1 Å². The van der Waals surface area contributed by atoms with Crippen LogP contribution in [0.1, 0.15) is 12.5 Å². The second kappa shape index (κ2) is 3.77. The maximum atomic E-state index is 12.3. The Morgan fingerprint density at radius 1 is 1.29 bits per heavy atom. The molecule has 3 heteroatoms. The molecule has 0 unspecified atom stereocenters. The normalized spacial score (nSPS) is 14.6. The number of benzene rings is 1. The molecule has 0 spiro atoms. The van der Waals surface area contributed by atoms with E-state index in [1.165, 1.54) is 5.39 Å². The van der Waals surface area contributed by atoms with E-state index in [0.717, 1.165) is 27.3 Å². The van der Waals surface area contributed by atoms with E-state index in [2.05, 4.69) is 12.1 Å². The molecular weight excluding hydrogens is 230 g/mol. The van der Waals surface area contributed by atoms with Crippen molar-refractivity contribution in [1.82, 2.24) is 4.57 Å². The van der Waals surface area contributed by atoms with Crippen LogP contribution in [0.5, 0.6) is 0 Å². The number of rotatable bonds is 0. The molecule has 0 amide bonds. The summed E-state index contributed by atoms with van der Waals surface area (Å²) >= 11 is 1.76. The predicted molar refractivity (Wildman–Crippen MR) is 73.6 cm³/mol. The number of aromatic nitrogens is 1. The van der Waals surface area contributed by atoms with Gasteiger partial charge in [-0.25, -0.2) is 0 Å². The zero-order valence-electron chi connectivity index (χ0n) is 9.86. The molecule has 1 aromatic heterocycles. The number of fused-ring (bicyclic) bond motifs is 3. The van der Waals surface area contributed by atoms with Crippen molar-refractivity contribution in [3.63, 3.8) is 0 Å². The Labute approximate surface area is 104 Å². The minimum Gasteiger partial charge on any atom is -0.311 e. The van der Waals surface area contributed by atoms with Gasteiger partial charge in [-0.3, -0.25) is 4.79 Å². The van der Waals surface area contributed by atoms with E-state index < -0.39 is 0 Å². The Bertz CT molecular complexity index is 697. The van der Waals surface area contributed by atoms with E-state index in [9.17, 15) is 4.79 Å². The van der Waals surface area contributed by atoms with Gasteiger partial charge < -0.3 is 4.57 Å². The topological polar surface area (TPSA) is 22.0 Å². The monoisotopic (exact) mass is 243 g/mol. The van der Waals surface area contributed by atoms with E-state index in [1.54, 1.807) is 16.3 Å². The summed E-state index contributed by atoms with van der Waals surface area (Å²) in [6.45, 7) is 2.02. The van der Waals surface area contributed by atoms with Crippen molar-refractivity contribution < 1.29 is 0 Å². The maximum absolute atomic E-state index is 12.3. The van der Waals surface area contributed by atoms with E-state index in [1.807, 2.05) is 32.2 Å². The van der Waals surface area contributed by atoms with Crippen molar-refractivity contribution in [2.75, 3.05) is 5.75 Å². The third kappa shape index (κ3) is 1.46. The zero-order chi connectivity index (χ0) is 12.0. The Hall–Kier alpha value is -1.48. The quantitative estimate of drug-likeness (QED) is 0.709. The third-order valence-electron chi connectivity index (χ3n) is 3.27. The fraction of sp³-hybridized carbons (Fsp3) is 0.214. The van der Waals surface area contributed by atoms with Gasteiger partial charge in [-0.2, -0.15) is 0 Å². The van der Waals surface area contributed by atoms with Gasteiger partial charge in [0.2, 0.25) is 0 Å². The van der Waals surface area contributed by atoms with Gasteiger partial charge in [0.15, 0.2) is 0 Å². The number of pyridine rings is 1. The molecule has 0 saturated carbocycles. The average molecular weight is 243 g/mol. The lowest BCUT2D eigenvalue weighted by molar-refractivity contribution is 0.891. The summed E-state index contributed by atoms with van der Waals surface area (Å²) in [6, 6.07) is 8.11. The molecule has 1 aliphatic heterocycles. The highest BCUT2D eigenvalue weighted by molar-refractivity contribution is 7.99. The molecule has 2 aromatic rings. The van der Waals surface area contributed by atoms with Crippen LogP contribution in [0.25, 0.3) is 16.5 Å². The van der Waals surface area contributed by atoms with Crippen LogP contribution in [0.2, 0.25) is 0 Å². The van der Waals surface area contributed by atoms with Crippen LogP contribution in [0, 0.1) is 0 Å². The predicted octanol–water partition coefficient (Wildman–Crippen LogP) is 3.05. The van der Waals surface area contributed by atoms with Crippen molar-refractivity contribution >= 4 is 28.2 Å². The second-order valence-corrected chi connectivity index (χ2v) is 5.31. The van der Waals surface area contributed by atoms with Crippen LogP contribution in [-0.4, -0.2) is 10.3 Å². The number of hydrogen-bond donors (Lipinski definition) is 0. The van der Waals surface area contributed by atoms with Crippen molar-refractivity contribution in [2.45, 2.75) is 11.8 Å². The first-order chi connectivity index (χ1) is 8.20. The fourth-order valence-electron chi connectivity index (χ4n) is 2.32. The van der Waals surface area contributed by atoms with Crippen molar-refractivity contribution in [3.05, 3.63) is 46.3 Å². The molecule has 2 nitrogen and oxygen atoms in total. The first-order valence-corrected chi connectivity index (χ1v) is 6.60. The summed E-state index contributed by atoms with van der Waals surface area (Å²) in [5.41, 5.74) is 3.10. The largest absolute Gasteiger partial charge is 0.311 e. The fourth-order valence-corrected chi connectivity index (χ4v) is 3.54. The van der Waals surface area contributed by atoms with Crippen LogP contribution in [0.15, 0.2) is 40.0 Å². The van der Waals surface area contributed by atoms with Gasteiger partial charge in [-0.1, -0.05) is 24.3 Å². The first kappa shape index (κ1) is 10.7. The lowest BCUT2D eigenvalue weighted by Gasteiger charge is -2.18. The molecule has 0 saturated heterocycles. The summed E-state index contributed by atoms with van der Waals surface area (Å²) < 4.78 is 1.75. The molecule has 0 atom stereocenters. The van der Waals surface area contributed by atoms with Crippen LogP contribution < -0.4 is 5.56 Å². The summed E-state index contributed by atoms with van der Waals surface area (Å²) in [7, 11) is 1.84. The molecule has 2 heterocycles. The highest BCUT2D eigenvalue weighted by atomic mass is 32.2. The van der Waals surface area contributed by atoms with E-state index in [-0.39, 0.29) is 5.56 Å². The molecule has 0 fully saturated rings. The summed E-state index contributed by atoms with van der Waals surface area (Å²) in [6.07, 6.45) is 2.13. The standard InChI is InChI=1S/C14H13NOS/c1-9-7-8-17-13-10-5-3-4-6-11(10)15(2)14(16)12(9)13/h3-7H,8H2,1-2H3. The van der Waals surface area contributed by atoms with E-state index >= 15 is 0 Å². The van der Waals surface area contributed by atoms with Gasteiger partial charge in [0.05, 0.1) is 11.1 Å². The molecule has 86 valence electrons. The highest BCUT2D eigenvalue weighted by Crippen LogP contribution is 2.36. The maximum Gasteiger partial charge on any atom is 0.259 e. The lowest BCUT2D eigenvalue weighted by atomic mass is 10.1. The van der Waals surface area contributed by atoms with Crippen molar-refractivity contribution in [2.24, 2.45) is 7.05 Å². The lowest BCUT2D eigenvalue weighted by Crippen LogP contribution is -2.22. The molecular formula is C14H13NOS. The number of hydrogen-bond acceptors (Lipinski definition) is 2. The number of aryl methyl sites for hydroxylation is 1. The number of allylic oxidation sites excluding steroid dienone is 1. The number of thioether (sulfide) groups is 1. The molecule has 0 N–H and O–H groups in total. The molecule has 17 heavy (non-hydrogen) atoms. The molecule has 0 aliphatic carbocycles. The average Bonchev–Trinajstić information content (AvgIpc) is 2.36. The smallest absolute Gasteiger partial charge is 0.259 e. The Balaban J connectivity index is 2.56. The second-order valence-electron chi connectivity index (χ2n) is 4.28. The molecule has 3 rings (SSSR count). The minimum absolute atomic E-state index is 0.111. The Morgan fingerprint density at radius 2 is 2.06 bits per heavy atom. The highest BCUT2D eigenvalue weighted by Gasteiger charge is 2.18. The van der Waals surface area contributed by atoms with Gasteiger partial charge >= 0.3 is 0 Å². The van der Waals surface area contributed by atoms with Gasteiger partial charge in [-0.05, 0) is 18.6 Å². The SMILES string of the molecule is CC1=CCSc2c1c(=O)n(C)c1ccccc21. The molecule has 1 aromatic carbocycles. The molecule has 1 aliphatic rings. The Morgan fingerprint density at radius 3 is 2.88 bits per heavy atom. The number of nitrogens with zero attached hydrogens (tertiary/aromatic N) is 1. The van der Waals surface area contributed by atoms with Crippen LogP contribution in [-0.2, 0) is 7.05 Å². The Kier molecular flexibility index (Phi) is 2.37. The van der Waals surface area contributed by atoms with Gasteiger partial charge in [0.1, 0.15) is 0 Å². The molecule has 0 bridgehead atoms. The first-order valence-electron chi connectivity index (χ1n) is 5.62.